The molecule has 1 aliphatic rings. The molecule has 2 atom stereocenters. The second-order valence-electron chi connectivity index (χ2n) is 2.96. The first-order valence-electron chi connectivity index (χ1n) is 4.03. The highest BCUT2D eigenvalue weighted by Crippen LogP contribution is 2.12. The van der Waals surface area contributed by atoms with E-state index in [1.165, 1.54) is 7.11 Å². The van der Waals surface area contributed by atoms with E-state index in [-0.39, 0.29) is 17.9 Å². The molecule has 5 heteroatoms. The van der Waals surface area contributed by atoms with E-state index in [0.29, 0.717) is 5.71 Å². The fraction of sp³-hybridized carbons (Fsp3) is 0.625. The third-order valence-corrected chi connectivity index (χ3v) is 2.03. The van der Waals surface area contributed by atoms with E-state index in [2.05, 4.69) is 15.0 Å². The van der Waals surface area contributed by atoms with Crippen molar-refractivity contribution >= 4 is 17.7 Å². The molecule has 0 radical (unpaired) electrons. The lowest BCUT2D eigenvalue weighted by atomic mass is 10.1. The summed E-state index contributed by atoms with van der Waals surface area (Å²) >= 11 is 0. The molecule has 1 aliphatic heterocycles. The molecule has 0 saturated carbocycles. The number of carbonyl (C=O) groups excluding carboxylic acids is 2. The van der Waals surface area contributed by atoms with Crippen LogP contribution in [-0.2, 0) is 9.53 Å². The number of methoxy groups -OCH3 is 1. The highest BCUT2D eigenvalue weighted by Gasteiger charge is 2.33. The van der Waals surface area contributed by atoms with Gasteiger partial charge in [0.05, 0.1) is 24.8 Å². The van der Waals surface area contributed by atoms with E-state index in [9.17, 15) is 9.59 Å². The van der Waals surface area contributed by atoms with E-state index < -0.39 is 6.09 Å². The maximum atomic E-state index is 11.1. The predicted octanol–water partition coefficient (Wildman–Crippen LogP) is 0.348. The third kappa shape index (κ3) is 1.85. The smallest absolute Gasteiger partial charge is 0.433 e. The van der Waals surface area contributed by atoms with E-state index in [0.717, 1.165) is 0 Å². The summed E-state index contributed by atoms with van der Waals surface area (Å²) in [6.07, 6.45) is -0.662. The molecule has 0 spiro atoms. The van der Waals surface area contributed by atoms with Gasteiger partial charge in [-0.2, -0.15) is 4.99 Å². The zero-order valence-electron chi connectivity index (χ0n) is 7.83. The van der Waals surface area contributed by atoms with E-state index in [1.54, 1.807) is 13.8 Å². The Morgan fingerprint density at radius 3 is 2.54 bits per heavy atom. The number of ether oxygens (including phenoxy) is 1. The average molecular weight is 184 g/mol. The van der Waals surface area contributed by atoms with Gasteiger partial charge >= 0.3 is 6.09 Å². The number of carbonyl (C=O) groups is 2. The van der Waals surface area contributed by atoms with Crippen molar-refractivity contribution in [3.63, 3.8) is 0 Å². The number of nitrogens with one attached hydrogen (secondary N) is 1. The number of aliphatic imine (C=N–C) groups is 1. The summed E-state index contributed by atoms with van der Waals surface area (Å²) in [4.78, 5) is 25.6. The van der Waals surface area contributed by atoms with Crippen molar-refractivity contribution in [2.75, 3.05) is 7.11 Å². The monoisotopic (exact) mass is 184 g/mol. The fourth-order valence-electron chi connectivity index (χ4n) is 1.27. The van der Waals surface area contributed by atoms with Gasteiger partial charge in [0, 0.05) is 0 Å². The molecule has 0 aromatic heterocycles. The molecule has 2 amide bonds. The first-order chi connectivity index (χ1) is 6.06. The minimum atomic E-state index is -0.662. The molecule has 1 rings (SSSR count). The highest BCUT2D eigenvalue weighted by molar-refractivity contribution is 6.14. The van der Waals surface area contributed by atoms with Crippen LogP contribution >= 0.6 is 0 Å². The first kappa shape index (κ1) is 9.70. The van der Waals surface area contributed by atoms with Crippen molar-refractivity contribution in [2.24, 2.45) is 10.9 Å². The number of rotatable bonds is 0. The van der Waals surface area contributed by atoms with Gasteiger partial charge < -0.3 is 10.1 Å². The van der Waals surface area contributed by atoms with Crippen LogP contribution in [0.25, 0.3) is 0 Å². The molecule has 72 valence electrons. The van der Waals surface area contributed by atoms with Crippen LogP contribution in [0.5, 0.6) is 0 Å². The highest BCUT2D eigenvalue weighted by atomic mass is 16.5. The SMILES string of the molecule is COC(=O)/N=C1/C(C)NC(=O)C1C. The van der Waals surface area contributed by atoms with Crippen LogP contribution in [0.1, 0.15) is 13.8 Å². The van der Waals surface area contributed by atoms with Gasteiger partial charge in [-0.25, -0.2) is 4.79 Å². The fourth-order valence-corrected chi connectivity index (χ4v) is 1.27. The average Bonchev–Trinajstić information content (AvgIpc) is 2.32. The molecular weight excluding hydrogens is 172 g/mol. The number of nitrogens with zero attached hydrogens (tertiary/aromatic N) is 1. The summed E-state index contributed by atoms with van der Waals surface area (Å²) in [6, 6.07) is -0.179. The van der Waals surface area contributed by atoms with Gasteiger partial charge in [-0.1, -0.05) is 0 Å². The predicted molar refractivity (Wildman–Crippen MR) is 46.6 cm³/mol. The van der Waals surface area contributed by atoms with Crippen molar-refractivity contribution in [3.05, 3.63) is 0 Å². The van der Waals surface area contributed by atoms with Gasteiger partial charge in [-0.3, -0.25) is 4.79 Å². The Kier molecular flexibility index (Phi) is 2.65. The molecule has 5 nitrogen and oxygen atoms in total. The van der Waals surface area contributed by atoms with Gasteiger partial charge in [0.15, 0.2) is 0 Å². The van der Waals surface area contributed by atoms with Crippen LogP contribution in [0.3, 0.4) is 0 Å². The Bertz CT molecular complexity index is 273. The standard InChI is InChI=1S/C8H12N2O3/c1-4-6(10-8(12)13-3)5(2)9-7(4)11/h4-5H,1-3H3,(H,9,11)/b10-6+. The van der Waals surface area contributed by atoms with Gasteiger partial charge in [0.25, 0.3) is 0 Å². The summed E-state index contributed by atoms with van der Waals surface area (Å²) < 4.78 is 4.38. The number of amides is 2. The maximum Gasteiger partial charge on any atom is 0.433 e. The van der Waals surface area contributed by atoms with Crippen molar-refractivity contribution in [2.45, 2.75) is 19.9 Å². The Labute approximate surface area is 76.2 Å². The maximum absolute atomic E-state index is 11.1. The number of hydrogen-bond donors (Lipinski definition) is 1. The summed E-state index contributed by atoms with van der Waals surface area (Å²) in [6.45, 7) is 3.49. The minimum Gasteiger partial charge on any atom is -0.451 e. The largest absolute Gasteiger partial charge is 0.451 e. The van der Waals surface area contributed by atoms with E-state index >= 15 is 0 Å². The lowest BCUT2D eigenvalue weighted by Crippen LogP contribution is -2.25. The molecule has 2 unspecified atom stereocenters. The van der Waals surface area contributed by atoms with Gasteiger partial charge in [0.2, 0.25) is 5.91 Å². The van der Waals surface area contributed by atoms with Gasteiger partial charge in [-0.15, -0.1) is 0 Å². The second-order valence-corrected chi connectivity index (χ2v) is 2.96. The summed E-state index contributed by atoms with van der Waals surface area (Å²) in [7, 11) is 1.26. The molecule has 0 aromatic rings. The van der Waals surface area contributed by atoms with Crippen molar-refractivity contribution < 1.29 is 14.3 Å². The van der Waals surface area contributed by atoms with E-state index in [4.69, 9.17) is 0 Å². The summed E-state index contributed by atoms with van der Waals surface area (Å²) in [5, 5.41) is 2.67. The topological polar surface area (TPSA) is 67.8 Å². The Balaban J connectivity index is 2.85. The van der Waals surface area contributed by atoms with Crippen LogP contribution in [0.4, 0.5) is 4.79 Å². The van der Waals surface area contributed by atoms with Crippen molar-refractivity contribution in [1.29, 1.82) is 0 Å². The van der Waals surface area contributed by atoms with Crippen LogP contribution in [0.2, 0.25) is 0 Å². The Morgan fingerprint density at radius 1 is 1.54 bits per heavy atom. The zero-order valence-corrected chi connectivity index (χ0v) is 7.83. The molecule has 1 fully saturated rings. The zero-order chi connectivity index (χ0) is 10.0. The van der Waals surface area contributed by atoms with Crippen LogP contribution in [0.15, 0.2) is 4.99 Å². The number of hydrogen-bond acceptors (Lipinski definition) is 3. The quantitative estimate of drug-likeness (QED) is 0.590. The summed E-state index contributed by atoms with van der Waals surface area (Å²) in [5.41, 5.74) is 0.539. The lowest BCUT2D eigenvalue weighted by molar-refractivity contribution is -0.121. The minimum absolute atomic E-state index is 0.102. The molecule has 0 bridgehead atoms. The summed E-state index contributed by atoms with van der Waals surface area (Å²) in [5.74, 6) is -0.441. The normalized spacial score (nSPS) is 30.4. The molecule has 13 heavy (non-hydrogen) atoms. The third-order valence-electron chi connectivity index (χ3n) is 2.03. The Morgan fingerprint density at radius 2 is 2.15 bits per heavy atom. The molecule has 0 aliphatic carbocycles. The van der Waals surface area contributed by atoms with Crippen LogP contribution < -0.4 is 5.32 Å². The Hall–Kier alpha value is -1.39. The second kappa shape index (κ2) is 3.55. The first-order valence-corrected chi connectivity index (χ1v) is 4.03. The molecule has 0 aromatic carbocycles. The molecular formula is C8H12N2O3. The molecule has 1 N–H and O–H groups in total. The molecule has 1 saturated heterocycles. The van der Waals surface area contributed by atoms with Crippen LogP contribution in [-0.4, -0.2) is 30.9 Å². The van der Waals surface area contributed by atoms with Crippen molar-refractivity contribution in [1.82, 2.24) is 5.32 Å². The van der Waals surface area contributed by atoms with Gasteiger partial charge in [-0.05, 0) is 13.8 Å². The van der Waals surface area contributed by atoms with Gasteiger partial charge in [0.1, 0.15) is 0 Å². The molecule has 1 heterocycles. The lowest BCUT2D eigenvalue weighted by Gasteiger charge is -2.03. The van der Waals surface area contributed by atoms with Crippen LogP contribution in [0, 0.1) is 5.92 Å². The van der Waals surface area contributed by atoms with E-state index in [1.807, 2.05) is 0 Å². The van der Waals surface area contributed by atoms with Crippen molar-refractivity contribution in [3.8, 4) is 0 Å².